The van der Waals surface area contributed by atoms with E-state index in [1.54, 1.807) is 0 Å². The normalized spacial score (nSPS) is 17.1. The van der Waals surface area contributed by atoms with Crippen molar-refractivity contribution in [3.63, 3.8) is 0 Å². The van der Waals surface area contributed by atoms with E-state index in [2.05, 4.69) is 60.9 Å². The number of esters is 2. The van der Waals surface area contributed by atoms with Crippen LogP contribution in [0.2, 0.25) is 0 Å². The van der Waals surface area contributed by atoms with Gasteiger partial charge in [0.15, 0.2) is 6.10 Å². The maximum Gasteiger partial charge on any atom is 0.469 e. The molecule has 0 radical (unpaired) electrons. The Balaban J connectivity index is 2.14. The van der Waals surface area contributed by atoms with Crippen LogP contribution in [0.5, 0.6) is 0 Å². The van der Waals surface area contributed by atoms with Gasteiger partial charge in [0.25, 0.3) is 0 Å². The predicted octanol–water partition coefficient (Wildman–Crippen LogP) is 10.2. The molecule has 0 bridgehead atoms. The van der Waals surface area contributed by atoms with Crippen molar-refractivity contribution in [3.8, 4) is 0 Å². The molecule has 0 aromatic carbocycles. The molecule has 282 valence electrons. The van der Waals surface area contributed by atoms with Crippen LogP contribution in [0.3, 0.4) is 0 Å². The van der Waals surface area contributed by atoms with Gasteiger partial charge >= 0.3 is 19.8 Å². The Labute approximate surface area is 297 Å². The van der Waals surface area contributed by atoms with Gasteiger partial charge in [-0.3, -0.25) is 14.1 Å². The zero-order chi connectivity index (χ0) is 35.8. The molecule has 1 saturated heterocycles. The fourth-order valence-electron chi connectivity index (χ4n) is 5.22. The molecule has 0 aromatic heterocycles. The van der Waals surface area contributed by atoms with Crippen LogP contribution in [-0.4, -0.2) is 53.3 Å². The highest BCUT2D eigenvalue weighted by molar-refractivity contribution is 7.46. The summed E-state index contributed by atoms with van der Waals surface area (Å²) in [7, 11) is -4.77. The maximum atomic E-state index is 12.3. The maximum absolute atomic E-state index is 12.3. The third kappa shape index (κ3) is 30.5. The second-order valence-corrected chi connectivity index (χ2v) is 14.2. The van der Waals surface area contributed by atoms with Crippen LogP contribution in [0.25, 0.3) is 0 Å². The van der Waals surface area contributed by atoms with Gasteiger partial charge < -0.3 is 24.0 Å². The summed E-state index contributed by atoms with van der Waals surface area (Å²) in [6, 6.07) is 0. The van der Waals surface area contributed by atoms with Gasteiger partial charge in [-0.1, -0.05) is 114 Å². The summed E-state index contributed by atoms with van der Waals surface area (Å²) in [4.78, 5) is 42.7. The van der Waals surface area contributed by atoms with Crippen LogP contribution >= 0.6 is 7.82 Å². The number of phosphoric acid groups is 1. The second kappa shape index (κ2) is 30.8. The smallest absolute Gasteiger partial charge is 0.462 e. The van der Waals surface area contributed by atoms with E-state index >= 15 is 0 Å². The molecular weight excluding hydrogens is 643 g/mol. The number of hydrogen-bond donors (Lipinski definition) is 2. The molecule has 3 atom stereocenters. The molecule has 10 heteroatoms. The number of carbonyl (C=O) groups excluding carboxylic acids is 2. The average Bonchev–Trinajstić information content (AvgIpc) is 3.82. The molecular formula is C39H67O9P. The van der Waals surface area contributed by atoms with Crippen molar-refractivity contribution in [3.05, 3.63) is 48.6 Å². The molecule has 0 amide bonds. The Morgan fingerprint density at radius 1 is 0.633 bits per heavy atom. The molecule has 1 aliphatic rings. The fourth-order valence-corrected chi connectivity index (χ4v) is 5.58. The molecule has 0 saturated carbocycles. The highest BCUT2D eigenvalue weighted by Crippen LogP contribution is 2.36. The molecule has 0 spiro atoms. The molecule has 49 heavy (non-hydrogen) atoms. The molecule has 9 nitrogen and oxygen atoms in total. The van der Waals surface area contributed by atoms with E-state index in [-0.39, 0.29) is 19.4 Å². The van der Waals surface area contributed by atoms with Gasteiger partial charge in [-0.15, -0.1) is 0 Å². The van der Waals surface area contributed by atoms with E-state index in [4.69, 9.17) is 24.0 Å². The molecule has 2 N–H and O–H groups in total. The zero-order valence-corrected chi connectivity index (χ0v) is 31.4. The van der Waals surface area contributed by atoms with E-state index in [0.29, 0.717) is 25.0 Å². The van der Waals surface area contributed by atoms with E-state index in [1.807, 2.05) is 6.08 Å². The number of unbranched alkanes of at least 4 members (excludes halogenated alkanes) is 13. The van der Waals surface area contributed by atoms with Crippen molar-refractivity contribution in [1.29, 1.82) is 0 Å². The molecule has 1 aliphatic heterocycles. The number of phosphoric ester groups is 1. The van der Waals surface area contributed by atoms with Crippen molar-refractivity contribution < 1.29 is 42.7 Å². The average molecular weight is 711 g/mol. The lowest BCUT2D eigenvalue weighted by Crippen LogP contribution is -2.29. The first-order valence-corrected chi connectivity index (χ1v) is 20.6. The number of epoxide rings is 1. The lowest BCUT2D eigenvalue weighted by atomic mass is 10.1. The minimum atomic E-state index is -4.77. The summed E-state index contributed by atoms with van der Waals surface area (Å²) in [5, 5.41) is 0. The first-order valence-electron chi connectivity index (χ1n) is 19.1. The highest BCUT2D eigenvalue weighted by Gasteiger charge is 2.36. The van der Waals surface area contributed by atoms with Crippen molar-refractivity contribution in [2.24, 2.45) is 0 Å². The largest absolute Gasteiger partial charge is 0.469 e. The highest BCUT2D eigenvalue weighted by atomic mass is 31.2. The van der Waals surface area contributed by atoms with Gasteiger partial charge in [0.1, 0.15) is 6.61 Å². The monoisotopic (exact) mass is 710 g/mol. The van der Waals surface area contributed by atoms with Gasteiger partial charge in [0, 0.05) is 12.8 Å². The quantitative estimate of drug-likeness (QED) is 0.0224. The van der Waals surface area contributed by atoms with Crippen LogP contribution in [0.15, 0.2) is 48.6 Å². The summed E-state index contributed by atoms with van der Waals surface area (Å²) < 4.78 is 32.0. The molecule has 0 aliphatic carbocycles. The van der Waals surface area contributed by atoms with Gasteiger partial charge in [-0.2, -0.15) is 0 Å². The number of hydrogen-bond acceptors (Lipinski definition) is 7. The summed E-state index contributed by atoms with van der Waals surface area (Å²) in [6.07, 6.45) is 38.7. The van der Waals surface area contributed by atoms with Crippen LogP contribution in [0, 0.1) is 0 Å². The van der Waals surface area contributed by atoms with Crippen LogP contribution in [0.1, 0.15) is 155 Å². The Hall–Kier alpha value is -2.03. The first-order chi connectivity index (χ1) is 23.7. The van der Waals surface area contributed by atoms with Crippen LogP contribution in [-0.2, 0) is 32.9 Å². The number of allylic oxidation sites excluding steroid dienone is 6. The first kappa shape index (κ1) is 45.0. The third-order valence-electron chi connectivity index (χ3n) is 8.22. The Kier molecular flexibility index (Phi) is 28.2. The predicted molar refractivity (Wildman–Crippen MR) is 197 cm³/mol. The third-order valence-corrected chi connectivity index (χ3v) is 8.71. The second-order valence-electron chi connectivity index (χ2n) is 12.9. The Morgan fingerprint density at radius 3 is 1.80 bits per heavy atom. The minimum Gasteiger partial charge on any atom is -0.462 e. The Bertz CT molecular complexity index is 1000. The van der Waals surface area contributed by atoms with Crippen molar-refractivity contribution in [1.82, 2.24) is 0 Å². The molecule has 2 unspecified atom stereocenters. The summed E-state index contributed by atoms with van der Waals surface area (Å²) in [5.41, 5.74) is 0. The van der Waals surface area contributed by atoms with E-state index < -0.39 is 32.5 Å². The van der Waals surface area contributed by atoms with E-state index in [0.717, 1.165) is 70.6 Å². The lowest BCUT2D eigenvalue weighted by Gasteiger charge is -2.18. The number of ether oxygens (including phenoxy) is 3. The van der Waals surface area contributed by atoms with Crippen molar-refractivity contribution >= 4 is 19.8 Å². The van der Waals surface area contributed by atoms with Gasteiger partial charge in [0.2, 0.25) is 0 Å². The van der Waals surface area contributed by atoms with E-state index in [9.17, 15) is 14.2 Å². The van der Waals surface area contributed by atoms with Gasteiger partial charge in [-0.05, 0) is 77.0 Å². The molecule has 1 heterocycles. The molecule has 1 fully saturated rings. The van der Waals surface area contributed by atoms with E-state index in [1.165, 1.54) is 44.9 Å². The summed E-state index contributed by atoms with van der Waals surface area (Å²) >= 11 is 0. The Morgan fingerprint density at radius 2 is 1.12 bits per heavy atom. The number of carbonyl (C=O) groups is 2. The lowest BCUT2D eigenvalue weighted by molar-refractivity contribution is -0.161. The topological polar surface area (TPSA) is 132 Å². The molecule has 0 aromatic rings. The van der Waals surface area contributed by atoms with Gasteiger partial charge in [0.05, 0.1) is 18.8 Å². The number of rotatable bonds is 33. The molecule has 1 rings (SSSR count). The standard InChI is InChI=1S/C39H67O9P/c1-3-5-7-9-11-12-13-14-15-16-19-24-28-32-39(41)47-35(34-46-49(42,43)44)33-45-38(40)31-27-23-20-17-18-22-26-30-37-36(48-37)29-25-21-10-8-6-4-2/h12-13,17,20-22,25-26,35-37H,3-11,14-16,18-19,23-24,27-34H2,1-2H3,(H2,42,43,44)/b13-12-,20-17-,25-21-,26-22-/t35-,36?,37?/m1/s1. The van der Waals surface area contributed by atoms with Crippen LogP contribution < -0.4 is 0 Å². The van der Waals surface area contributed by atoms with Crippen molar-refractivity contribution in [2.45, 2.75) is 173 Å². The summed E-state index contributed by atoms with van der Waals surface area (Å²) in [5.74, 6) is -0.970. The SMILES string of the molecule is CCCCC/C=C\CC1OC1C/C=C\C/C=C\CCCC(=O)OC[C@H](COP(=O)(O)O)OC(=O)CCCCCCC/C=C\CCCCCC. The van der Waals surface area contributed by atoms with Crippen molar-refractivity contribution in [2.75, 3.05) is 13.2 Å². The fraction of sp³-hybridized carbons (Fsp3) is 0.744. The zero-order valence-electron chi connectivity index (χ0n) is 30.5. The summed E-state index contributed by atoms with van der Waals surface area (Å²) in [6.45, 7) is 3.56. The minimum absolute atomic E-state index is 0.183. The van der Waals surface area contributed by atoms with Gasteiger partial charge in [-0.25, -0.2) is 4.57 Å². The van der Waals surface area contributed by atoms with Crippen LogP contribution in [0.4, 0.5) is 0 Å².